The van der Waals surface area contributed by atoms with Crippen molar-refractivity contribution in [3.8, 4) is 5.75 Å². The van der Waals surface area contributed by atoms with Crippen LogP contribution >= 0.6 is 11.6 Å². The third-order valence-electron chi connectivity index (χ3n) is 1.89. The lowest BCUT2D eigenvalue weighted by atomic mass is 10.3. The SMILES string of the molecule is C=C(Cl)CNS(=O)(=O)c1ccc(OC)c(F)c1. The Morgan fingerprint density at radius 3 is 2.71 bits per heavy atom. The molecule has 94 valence electrons. The summed E-state index contributed by atoms with van der Waals surface area (Å²) in [7, 11) is -2.50. The topological polar surface area (TPSA) is 55.4 Å². The molecule has 0 fully saturated rings. The summed E-state index contributed by atoms with van der Waals surface area (Å²) in [4.78, 5) is -0.200. The molecular weight excluding hydrogens is 269 g/mol. The quantitative estimate of drug-likeness (QED) is 0.895. The number of sulfonamides is 1. The van der Waals surface area contributed by atoms with E-state index in [-0.39, 0.29) is 22.2 Å². The minimum atomic E-state index is -3.79. The molecule has 7 heteroatoms. The molecule has 17 heavy (non-hydrogen) atoms. The van der Waals surface area contributed by atoms with Crippen molar-refractivity contribution in [2.24, 2.45) is 0 Å². The Morgan fingerprint density at radius 2 is 2.24 bits per heavy atom. The van der Waals surface area contributed by atoms with Gasteiger partial charge in [-0.15, -0.1) is 0 Å². The summed E-state index contributed by atoms with van der Waals surface area (Å²) >= 11 is 5.43. The second-order valence-electron chi connectivity index (χ2n) is 3.14. The molecule has 0 spiro atoms. The van der Waals surface area contributed by atoms with Crippen LogP contribution in [0.5, 0.6) is 5.75 Å². The summed E-state index contributed by atoms with van der Waals surface area (Å²) in [5.74, 6) is -0.772. The molecule has 0 aliphatic carbocycles. The first-order valence-electron chi connectivity index (χ1n) is 4.53. The molecule has 0 heterocycles. The summed E-state index contributed by atoms with van der Waals surface area (Å²) in [6, 6.07) is 3.35. The summed E-state index contributed by atoms with van der Waals surface area (Å²) in [5.41, 5.74) is 0. The summed E-state index contributed by atoms with van der Waals surface area (Å²) in [6.45, 7) is 3.23. The molecule has 0 aliphatic rings. The minimum Gasteiger partial charge on any atom is -0.494 e. The van der Waals surface area contributed by atoms with E-state index >= 15 is 0 Å². The molecule has 0 aliphatic heterocycles. The molecule has 1 rings (SSSR count). The number of rotatable bonds is 5. The Morgan fingerprint density at radius 1 is 1.59 bits per heavy atom. The number of hydrogen-bond donors (Lipinski definition) is 1. The number of hydrogen-bond acceptors (Lipinski definition) is 3. The van der Waals surface area contributed by atoms with Gasteiger partial charge in [0, 0.05) is 11.6 Å². The zero-order chi connectivity index (χ0) is 13.1. The van der Waals surface area contributed by atoms with Gasteiger partial charge in [-0.25, -0.2) is 17.5 Å². The fraction of sp³-hybridized carbons (Fsp3) is 0.200. The zero-order valence-electron chi connectivity index (χ0n) is 9.04. The van der Waals surface area contributed by atoms with E-state index in [0.717, 1.165) is 6.07 Å². The van der Waals surface area contributed by atoms with E-state index in [2.05, 4.69) is 16.0 Å². The van der Waals surface area contributed by atoms with Gasteiger partial charge in [-0.1, -0.05) is 18.2 Å². The smallest absolute Gasteiger partial charge is 0.241 e. The number of methoxy groups -OCH3 is 1. The van der Waals surface area contributed by atoms with Crippen molar-refractivity contribution < 1.29 is 17.5 Å². The van der Waals surface area contributed by atoms with E-state index in [1.807, 2.05) is 0 Å². The highest BCUT2D eigenvalue weighted by molar-refractivity contribution is 7.89. The molecule has 1 aromatic rings. The van der Waals surface area contributed by atoms with Crippen molar-refractivity contribution in [1.29, 1.82) is 0 Å². The predicted molar refractivity (Wildman–Crippen MR) is 63.1 cm³/mol. The Bertz CT molecular complexity index is 530. The van der Waals surface area contributed by atoms with E-state index in [4.69, 9.17) is 11.6 Å². The Balaban J connectivity index is 2.99. The van der Waals surface area contributed by atoms with Crippen LogP contribution in [0.1, 0.15) is 0 Å². The molecule has 0 aromatic heterocycles. The van der Waals surface area contributed by atoms with Gasteiger partial charge in [-0.3, -0.25) is 0 Å². The third-order valence-corrected chi connectivity index (χ3v) is 3.42. The van der Waals surface area contributed by atoms with Crippen LogP contribution in [0, 0.1) is 5.82 Å². The van der Waals surface area contributed by atoms with Crippen molar-refractivity contribution in [1.82, 2.24) is 4.72 Å². The first-order valence-corrected chi connectivity index (χ1v) is 6.39. The first-order chi connectivity index (χ1) is 7.86. The molecule has 0 amide bonds. The van der Waals surface area contributed by atoms with Gasteiger partial charge < -0.3 is 4.74 Å². The van der Waals surface area contributed by atoms with Gasteiger partial charge in [0.1, 0.15) is 0 Å². The van der Waals surface area contributed by atoms with Crippen molar-refractivity contribution in [3.05, 3.63) is 35.6 Å². The minimum absolute atomic E-state index is 0.0225. The van der Waals surface area contributed by atoms with Gasteiger partial charge in [0.15, 0.2) is 11.6 Å². The molecule has 0 bridgehead atoms. The lowest BCUT2D eigenvalue weighted by molar-refractivity contribution is 0.385. The number of benzene rings is 1. The lowest BCUT2D eigenvalue weighted by Gasteiger charge is -2.07. The van der Waals surface area contributed by atoms with Crippen LogP contribution in [0.3, 0.4) is 0 Å². The fourth-order valence-corrected chi connectivity index (χ4v) is 2.25. The highest BCUT2D eigenvalue weighted by atomic mass is 35.5. The van der Waals surface area contributed by atoms with E-state index in [9.17, 15) is 12.8 Å². The van der Waals surface area contributed by atoms with Gasteiger partial charge >= 0.3 is 0 Å². The molecule has 1 N–H and O–H groups in total. The van der Waals surface area contributed by atoms with Crippen molar-refractivity contribution in [3.63, 3.8) is 0 Å². The second-order valence-corrected chi connectivity index (χ2v) is 5.44. The van der Waals surface area contributed by atoms with Crippen LogP contribution in [0.25, 0.3) is 0 Å². The van der Waals surface area contributed by atoms with Gasteiger partial charge in [0.05, 0.1) is 12.0 Å². The average Bonchev–Trinajstić information content (AvgIpc) is 2.26. The predicted octanol–water partition coefficient (Wildman–Crippen LogP) is 1.87. The molecule has 1 aromatic carbocycles. The lowest BCUT2D eigenvalue weighted by Crippen LogP contribution is -2.24. The van der Waals surface area contributed by atoms with E-state index in [0.29, 0.717) is 0 Å². The highest BCUT2D eigenvalue weighted by Crippen LogP contribution is 2.20. The van der Waals surface area contributed by atoms with Gasteiger partial charge in [-0.05, 0) is 18.2 Å². The van der Waals surface area contributed by atoms with Gasteiger partial charge in [-0.2, -0.15) is 0 Å². The van der Waals surface area contributed by atoms with E-state index < -0.39 is 15.8 Å². The Kier molecular flexibility index (Phi) is 4.50. The first kappa shape index (κ1) is 14.0. The van der Waals surface area contributed by atoms with E-state index in [1.54, 1.807) is 0 Å². The molecule has 0 unspecified atom stereocenters. The second kappa shape index (κ2) is 5.48. The maximum Gasteiger partial charge on any atom is 0.241 e. The Hall–Kier alpha value is -1.11. The standard InChI is InChI=1S/C10H11ClFNO3S/c1-7(11)6-13-17(14,15)8-3-4-10(16-2)9(12)5-8/h3-5,13H,1,6H2,2H3. The van der Waals surface area contributed by atoms with Gasteiger partial charge in [0.2, 0.25) is 10.0 Å². The molecular formula is C10H11ClFNO3S. The van der Waals surface area contributed by atoms with Crippen LogP contribution in [0.15, 0.2) is 34.7 Å². The zero-order valence-corrected chi connectivity index (χ0v) is 10.6. The monoisotopic (exact) mass is 279 g/mol. The number of ether oxygens (including phenoxy) is 1. The molecule has 0 saturated heterocycles. The molecule has 0 radical (unpaired) electrons. The van der Waals surface area contributed by atoms with Crippen LogP contribution in [0.4, 0.5) is 4.39 Å². The van der Waals surface area contributed by atoms with Crippen LogP contribution in [-0.2, 0) is 10.0 Å². The maximum absolute atomic E-state index is 13.3. The third kappa shape index (κ3) is 3.69. The normalized spacial score (nSPS) is 11.2. The summed E-state index contributed by atoms with van der Waals surface area (Å²) in [5, 5.41) is 0.141. The number of halogens is 2. The van der Waals surface area contributed by atoms with E-state index in [1.165, 1.54) is 19.2 Å². The largest absolute Gasteiger partial charge is 0.494 e. The van der Waals surface area contributed by atoms with Crippen molar-refractivity contribution in [2.45, 2.75) is 4.90 Å². The number of nitrogens with one attached hydrogen (secondary N) is 1. The van der Waals surface area contributed by atoms with Crippen LogP contribution in [-0.4, -0.2) is 22.1 Å². The molecule has 4 nitrogen and oxygen atoms in total. The van der Waals surface area contributed by atoms with Crippen molar-refractivity contribution in [2.75, 3.05) is 13.7 Å². The average molecular weight is 280 g/mol. The fourth-order valence-electron chi connectivity index (χ4n) is 1.07. The molecule has 0 saturated carbocycles. The van der Waals surface area contributed by atoms with Gasteiger partial charge in [0.25, 0.3) is 0 Å². The van der Waals surface area contributed by atoms with Crippen LogP contribution in [0.2, 0.25) is 0 Å². The summed E-state index contributed by atoms with van der Waals surface area (Å²) < 4.78 is 43.5. The molecule has 0 atom stereocenters. The Labute approximate surface area is 104 Å². The summed E-state index contributed by atoms with van der Waals surface area (Å²) in [6.07, 6.45) is 0. The highest BCUT2D eigenvalue weighted by Gasteiger charge is 2.16. The maximum atomic E-state index is 13.3. The van der Waals surface area contributed by atoms with Crippen LogP contribution < -0.4 is 9.46 Å². The van der Waals surface area contributed by atoms with Crippen molar-refractivity contribution >= 4 is 21.6 Å².